The standard InChI is InChI=1S/C15H17Cl2NO2/c1-18-12-2-3-13(18)8-14(7-12)20-15(19)9-4-10(16)6-11(17)5-9/h4-6,12-14H,2-3,7-8H2,1H3/t12-,13?,14?/m1/s1. The number of fused-ring (bicyclic) bond motifs is 2. The Labute approximate surface area is 128 Å². The third-order valence-corrected chi connectivity index (χ3v) is 4.86. The molecule has 3 nitrogen and oxygen atoms in total. The van der Waals surface area contributed by atoms with Gasteiger partial charge in [-0.3, -0.25) is 0 Å². The summed E-state index contributed by atoms with van der Waals surface area (Å²) in [5.74, 6) is -0.330. The van der Waals surface area contributed by atoms with Gasteiger partial charge in [-0.1, -0.05) is 23.2 Å². The number of hydrogen-bond acceptors (Lipinski definition) is 3. The van der Waals surface area contributed by atoms with Crippen LogP contribution < -0.4 is 0 Å². The molecular formula is C15H17Cl2NO2. The summed E-state index contributed by atoms with van der Waals surface area (Å²) < 4.78 is 5.63. The van der Waals surface area contributed by atoms with Crippen LogP contribution in [0.15, 0.2) is 18.2 Å². The number of rotatable bonds is 2. The van der Waals surface area contributed by atoms with E-state index < -0.39 is 0 Å². The molecule has 2 saturated heterocycles. The number of ether oxygens (including phenoxy) is 1. The Bertz CT molecular complexity index is 500. The summed E-state index contributed by atoms with van der Waals surface area (Å²) in [5.41, 5.74) is 0.425. The fraction of sp³-hybridized carbons (Fsp3) is 0.533. The van der Waals surface area contributed by atoms with E-state index >= 15 is 0 Å². The maximum Gasteiger partial charge on any atom is 0.338 e. The molecule has 2 fully saturated rings. The molecule has 3 rings (SSSR count). The van der Waals surface area contributed by atoms with Gasteiger partial charge in [0, 0.05) is 35.0 Å². The topological polar surface area (TPSA) is 29.5 Å². The Morgan fingerprint density at radius 2 is 1.70 bits per heavy atom. The van der Waals surface area contributed by atoms with Crippen LogP contribution in [0.4, 0.5) is 0 Å². The van der Waals surface area contributed by atoms with Crippen LogP contribution in [0.25, 0.3) is 0 Å². The number of hydrogen-bond donors (Lipinski definition) is 0. The molecular weight excluding hydrogens is 297 g/mol. The van der Waals surface area contributed by atoms with Crippen molar-refractivity contribution < 1.29 is 9.53 Å². The summed E-state index contributed by atoms with van der Waals surface area (Å²) in [4.78, 5) is 14.6. The van der Waals surface area contributed by atoms with Crippen LogP contribution >= 0.6 is 23.2 Å². The van der Waals surface area contributed by atoms with E-state index in [2.05, 4.69) is 11.9 Å². The van der Waals surface area contributed by atoms with E-state index in [9.17, 15) is 4.79 Å². The lowest BCUT2D eigenvalue weighted by Gasteiger charge is -2.35. The van der Waals surface area contributed by atoms with Gasteiger partial charge < -0.3 is 9.64 Å². The third-order valence-electron chi connectivity index (χ3n) is 4.43. The number of esters is 1. The molecule has 2 unspecified atom stereocenters. The van der Waals surface area contributed by atoms with E-state index in [4.69, 9.17) is 27.9 Å². The zero-order valence-corrected chi connectivity index (χ0v) is 12.8. The second kappa shape index (κ2) is 5.55. The van der Waals surface area contributed by atoms with Crippen molar-refractivity contribution in [2.45, 2.75) is 43.9 Å². The average molecular weight is 314 g/mol. The van der Waals surface area contributed by atoms with Crippen molar-refractivity contribution in [3.05, 3.63) is 33.8 Å². The van der Waals surface area contributed by atoms with Gasteiger partial charge in [-0.25, -0.2) is 4.79 Å². The van der Waals surface area contributed by atoms with Crippen molar-refractivity contribution in [3.8, 4) is 0 Å². The fourth-order valence-corrected chi connectivity index (χ4v) is 3.87. The molecule has 5 heteroatoms. The summed E-state index contributed by atoms with van der Waals surface area (Å²) >= 11 is 11.8. The number of benzene rings is 1. The summed E-state index contributed by atoms with van der Waals surface area (Å²) in [7, 11) is 2.16. The van der Waals surface area contributed by atoms with Gasteiger partial charge in [0.2, 0.25) is 0 Å². The van der Waals surface area contributed by atoms with Crippen molar-refractivity contribution in [3.63, 3.8) is 0 Å². The van der Waals surface area contributed by atoms with Crippen molar-refractivity contribution in [2.24, 2.45) is 0 Å². The van der Waals surface area contributed by atoms with Crippen LogP contribution in [0.1, 0.15) is 36.0 Å². The van der Waals surface area contributed by atoms with Crippen LogP contribution in [0.5, 0.6) is 0 Å². The molecule has 0 N–H and O–H groups in total. The molecule has 2 heterocycles. The van der Waals surface area contributed by atoms with E-state index in [-0.39, 0.29) is 12.1 Å². The van der Waals surface area contributed by atoms with Crippen LogP contribution in [-0.2, 0) is 4.74 Å². The minimum atomic E-state index is -0.330. The molecule has 0 radical (unpaired) electrons. The molecule has 1 aromatic carbocycles. The maximum absolute atomic E-state index is 12.2. The highest BCUT2D eigenvalue weighted by molar-refractivity contribution is 6.35. The molecule has 0 aliphatic carbocycles. The Balaban J connectivity index is 1.67. The summed E-state index contributed by atoms with van der Waals surface area (Å²) in [6, 6.07) is 5.90. The van der Waals surface area contributed by atoms with Crippen LogP contribution in [-0.4, -0.2) is 36.1 Å². The first-order valence-corrected chi connectivity index (χ1v) is 7.67. The van der Waals surface area contributed by atoms with Gasteiger partial charge in [0.1, 0.15) is 6.10 Å². The lowest BCUT2D eigenvalue weighted by atomic mass is 10.0. The monoisotopic (exact) mass is 313 g/mol. The molecule has 0 aromatic heterocycles. The van der Waals surface area contributed by atoms with Gasteiger partial charge in [-0.2, -0.15) is 0 Å². The highest BCUT2D eigenvalue weighted by atomic mass is 35.5. The van der Waals surface area contributed by atoms with Gasteiger partial charge in [-0.05, 0) is 38.1 Å². The summed E-state index contributed by atoms with van der Waals surface area (Å²) in [6.07, 6.45) is 4.27. The van der Waals surface area contributed by atoms with Crippen molar-refractivity contribution in [2.75, 3.05) is 7.05 Å². The quantitative estimate of drug-likeness (QED) is 0.778. The van der Waals surface area contributed by atoms with Gasteiger partial charge in [0.05, 0.1) is 5.56 Å². The van der Waals surface area contributed by atoms with Crippen LogP contribution in [0.2, 0.25) is 10.0 Å². The predicted octanol–water partition coefficient (Wildman–Crippen LogP) is 3.78. The molecule has 2 aliphatic heterocycles. The molecule has 1 aromatic rings. The van der Waals surface area contributed by atoms with Crippen molar-refractivity contribution >= 4 is 29.2 Å². The first-order chi connectivity index (χ1) is 9.52. The molecule has 108 valence electrons. The molecule has 2 bridgehead atoms. The smallest absolute Gasteiger partial charge is 0.338 e. The van der Waals surface area contributed by atoms with Crippen molar-refractivity contribution in [1.82, 2.24) is 4.90 Å². The van der Waals surface area contributed by atoms with Gasteiger partial charge in [0.25, 0.3) is 0 Å². The Morgan fingerprint density at radius 1 is 1.15 bits per heavy atom. The lowest BCUT2D eigenvalue weighted by molar-refractivity contribution is -0.000448. The molecule has 0 saturated carbocycles. The van der Waals surface area contributed by atoms with E-state index in [0.717, 1.165) is 12.8 Å². The van der Waals surface area contributed by atoms with Crippen LogP contribution in [0, 0.1) is 0 Å². The molecule has 20 heavy (non-hydrogen) atoms. The second-order valence-electron chi connectivity index (χ2n) is 5.71. The SMILES string of the molecule is CN1C2CC[C@@H]1CC(OC(=O)c1cc(Cl)cc(Cl)c1)C2. The van der Waals surface area contributed by atoms with Gasteiger partial charge in [-0.15, -0.1) is 0 Å². The third kappa shape index (κ3) is 2.80. The molecule has 0 amide bonds. The average Bonchev–Trinajstić information content (AvgIpc) is 2.61. The largest absolute Gasteiger partial charge is 0.459 e. The predicted molar refractivity (Wildman–Crippen MR) is 79.5 cm³/mol. The van der Waals surface area contributed by atoms with E-state index in [1.165, 1.54) is 12.8 Å². The maximum atomic E-state index is 12.2. The molecule has 0 spiro atoms. The summed E-state index contributed by atoms with van der Waals surface area (Å²) in [5, 5.41) is 0.904. The van der Waals surface area contributed by atoms with E-state index in [0.29, 0.717) is 27.7 Å². The zero-order valence-electron chi connectivity index (χ0n) is 11.3. The zero-order chi connectivity index (χ0) is 14.3. The Hall–Kier alpha value is -0.770. The first-order valence-electron chi connectivity index (χ1n) is 6.92. The van der Waals surface area contributed by atoms with Gasteiger partial charge >= 0.3 is 5.97 Å². The van der Waals surface area contributed by atoms with Gasteiger partial charge in [0.15, 0.2) is 0 Å². The molecule has 3 atom stereocenters. The fourth-order valence-electron chi connectivity index (χ4n) is 3.35. The lowest BCUT2D eigenvalue weighted by Crippen LogP contribution is -2.43. The summed E-state index contributed by atoms with van der Waals surface area (Å²) in [6.45, 7) is 0. The molecule has 2 aliphatic rings. The Morgan fingerprint density at radius 3 is 2.25 bits per heavy atom. The highest BCUT2D eigenvalue weighted by Gasteiger charge is 2.39. The van der Waals surface area contributed by atoms with Crippen molar-refractivity contribution in [1.29, 1.82) is 0 Å². The van der Waals surface area contributed by atoms with Crippen LogP contribution in [0.3, 0.4) is 0 Å². The number of carbonyl (C=O) groups excluding carboxylic acids is 1. The first kappa shape index (κ1) is 14.2. The number of halogens is 2. The van der Waals surface area contributed by atoms with E-state index in [1.54, 1.807) is 18.2 Å². The Kier molecular flexibility index (Phi) is 3.93. The number of piperidine rings is 1. The highest BCUT2D eigenvalue weighted by Crippen LogP contribution is 2.35. The number of carbonyl (C=O) groups is 1. The normalized spacial score (nSPS) is 29.4. The minimum Gasteiger partial charge on any atom is -0.459 e. The minimum absolute atomic E-state index is 0.00829. The van der Waals surface area contributed by atoms with E-state index in [1.807, 2.05) is 0 Å². The number of nitrogens with zero attached hydrogens (tertiary/aromatic N) is 1. The second-order valence-corrected chi connectivity index (χ2v) is 6.58.